The van der Waals surface area contributed by atoms with Gasteiger partial charge in [-0.2, -0.15) is 4.98 Å². The number of nitrogens with zero attached hydrogens (tertiary/aromatic N) is 4. The van der Waals surface area contributed by atoms with Crippen molar-refractivity contribution in [2.45, 2.75) is 24.3 Å². The van der Waals surface area contributed by atoms with Crippen LogP contribution in [0.25, 0.3) is 0 Å². The van der Waals surface area contributed by atoms with Crippen LogP contribution < -0.4 is 20.3 Å². The zero-order valence-corrected chi connectivity index (χ0v) is 21.4. The van der Waals surface area contributed by atoms with Crippen LogP contribution >= 0.6 is 11.6 Å². The Morgan fingerprint density at radius 2 is 2.03 bits per heavy atom. The Morgan fingerprint density at radius 3 is 2.74 bits per heavy atom. The summed E-state index contributed by atoms with van der Waals surface area (Å²) in [7, 11) is 4.23. The highest BCUT2D eigenvalue weighted by Crippen LogP contribution is 2.34. The van der Waals surface area contributed by atoms with E-state index >= 15 is 0 Å². The Labute approximate surface area is 212 Å². The predicted octanol–water partition coefficient (Wildman–Crippen LogP) is 4.74. The van der Waals surface area contributed by atoms with Gasteiger partial charge in [0.2, 0.25) is 5.95 Å². The zero-order valence-electron chi connectivity index (χ0n) is 19.9. The Balaban J connectivity index is 1.56. The number of halogens is 1. The maximum atomic E-state index is 11.7. The second-order valence-electron chi connectivity index (χ2n) is 8.35. The van der Waals surface area contributed by atoms with E-state index in [2.05, 4.69) is 50.6 Å². The lowest BCUT2D eigenvalue weighted by atomic mass is 10.2. The molecule has 2 heterocycles. The van der Waals surface area contributed by atoms with Gasteiger partial charge in [0.1, 0.15) is 10.8 Å². The average molecular weight is 517 g/mol. The second-order valence-corrected chi connectivity index (χ2v) is 9.70. The molecule has 0 aliphatic carbocycles. The molecule has 35 heavy (non-hydrogen) atoms. The summed E-state index contributed by atoms with van der Waals surface area (Å²) in [6.07, 6.45) is 2.59. The van der Waals surface area contributed by atoms with Crippen molar-refractivity contribution in [2.24, 2.45) is 0 Å². The van der Waals surface area contributed by atoms with E-state index in [1.807, 2.05) is 19.1 Å². The lowest BCUT2D eigenvalue weighted by molar-refractivity contribution is 0.315. The first-order valence-electron chi connectivity index (χ1n) is 11.3. The van der Waals surface area contributed by atoms with Gasteiger partial charge in [0, 0.05) is 30.9 Å². The number of aromatic nitrogens is 2. The second kappa shape index (κ2) is 11.2. The molecular weight excluding hydrogens is 488 g/mol. The number of anilines is 5. The quantitative estimate of drug-likeness (QED) is 0.348. The van der Waals surface area contributed by atoms with E-state index < -0.39 is 11.1 Å². The summed E-state index contributed by atoms with van der Waals surface area (Å²) in [6, 6.07) is 13.3. The minimum absolute atomic E-state index is 0.226. The Kier molecular flexibility index (Phi) is 8.07. The number of ether oxygens (including phenoxy) is 1. The molecule has 0 saturated carbocycles. The molecule has 3 N–H and O–H groups in total. The predicted molar refractivity (Wildman–Crippen MR) is 141 cm³/mol. The van der Waals surface area contributed by atoms with E-state index in [0.717, 1.165) is 30.9 Å². The van der Waals surface area contributed by atoms with E-state index in [-0.39, 0.29) is 9.92 Å². The third kappa shape index (κ3) is 6.02. The molecular formula is C24H29ClN6O3S. The minimum Gasteiger partial charge on any atom is -0.492 e. The van der Waals surface area contributed by atoms with Crippen LogP contribution in [-0.2, 0) is 11.1 Å². The molecule has 2 unspecified atom stereocenters. The van der Waals surface area contributed by atoms with Crippen LogP contribution in [0.5, 0.6) is 5.75 Å². The van der Waals surface area contributed by atoms with Crippen molar-refractivity contribution >= 4 is 51.5 Å². The van der Waals surface area contributed by atoms with Gasteiger partial charge < -0.3 is 29.7 Å². The van der Waals surface area contributed by atoms with Crippen molar-refractivity contribution in [2.75, 3.05) is 49.3 Å². The molecule has 2 atom stereocenters. The largest absolute Gasteiger partial charge is 0.492 e. The molecule has 1 aliphatic rings. The van der Waals surface area contributed by atoms with Gasteiger partial charge >= 0.3 is 0 Å². The summed E-state index contributed by atoms with van der Waals surface area (Å²) in [5.41, 5.74) is 2.27. The van der Waals surface area contributed by atoms with Gasteiger partial charge in [-0.25, -0.2) is 9.19 Å². The van der Waals surface area contributed by atoms with Crippen molar-refractivity contribution in [1.29, 1.82) is 0 Å². The number of hydrogen-bond donors (Lipinski definition) is 3. The maximum Gasteiger partial charge on any atom is 0.229 e. The molecule has 0 spiro atoms. The van der Waals surface area contributed by atoms with Gasteiger partial charge in [0.05, 0.1) is 29.1 Å². The zero-order chi connectivity index (χ0) is 24.9. The molecule has 0 amide bonds. The van der Waals surface area contributed by atoms with Crippen LogP contribution in [0.2, 0.25) is 5.02 Å². The van der Waals surface area contributed by atoms with Crippen molar-refractivity contribution in [3.63, 3.8) is 0 Å². The third-order valence-electron chi connectivity index (χ3n) is 5.84. The smallest absolute Gasteiger partial charge is 0.229 e. The minimum atomic E-state index is -2.16. The number of likely N-dealkylation sites (N-methyl/N-ethyl adjacent to an activating group) is 1. The summed E-state index contributed by atoms with van der Waals surface area (Å²) in [5.74, 6) is 1.32. The van der Waals surface area contributed by atoms with Crippen molar-refractivity contribution < 1.29 is 13.5 Å². The SMILES string of the molecule is CCOc1cc(N2CCC(N(C)C)C2)ccc1Nc1ncc(Cl)c(Nc2ccccc2S(=O)O)n1. The Hall–Kier alpha value is -2.92. The first-order valence-corrected chi connectivity index (χ1v) is 12.8. The van der Waals surface area contributed by atoms with Gasteiger partial charge in [-0.3, -0.25) is 0 Å². The summed E-state index contributed by atoms with van der Waals surface area (Å²) < 4.78 is 27.1. The molecule has 0 bridgehead atoms. The highest BCUT2D eigenvalue weighted by molar-refractivity contribution is 7.79. The molecule has 3 aromatic rings. The molecule has 186 valence electrons. The average Bonchev–Trinajstić information content (AvgIpc) is 3.33. The molecule has 11 heteroatoms. The Bertz CT molecular complexity index is 1210. The standard InChI is InChI=1S/C24H29ClN6O3S/c1-4-34-21-13-16(31-12-11-17(15-31)30(2)3)9-10-19(21)28-24-26-14-18(25)23(29-24)27-20-7-5-6-8-22(20)35(32)33/h5-10,13-14,17H,4,11-12,15H2,1-3H3,(H,32,33)(H2,26,27,28,29). The lowest BCUT2D eigenvalue weighted by Crippen LogP contribution is -2.31. The molecule has 2 aromatic carbocycles. The van der Waals surface area contributed by atoms with E-state index in [4.69, 9.17) is 16.3 Å². The van der Waals surface area contributed by atoms with Crippen LogP contribution in [-0.4, -0.2) is 63.5 Å². The van der Waals surface area contributed by atoms with E-state index in [1.165, 1.54) is 6.20 Å². The van der Waals surface area contributed by atoms with Gasteiger partial charge in [0.15, 0.2) is 16.9 Å². The molecule has 1 fully saturated rings. The van der Waals surface area contributed by atoms with Crippen LogP contribution in [0, 0.1) is 0 Å². The van der Waals surface area contributed by atoms with Gasteiger partial charge in [-0.1, -0.05) is 23.7 Å². The first kappa shape index (κ1) is 25.2. The molecule has 1 aromatic heterocycles. The van der Waals surface area contributed by atoms with Crippen molar-refractivity contribution in [1.82, 2.24) is 14.9 Å². The summed E-state index contributed by atoms with van der Waals surface area (Å²) in [5, 5.41) is 6.52. The molecule has 9 nitrogen and oxygen atoms in total. The highest BCUT2D eigenvalue weighted by Gasteiger charge is 2.25. The monoisotopic (exact) mass is 516 g/mol. The fourth-order valence-corrected chi connectivity index (χ4v) is 4.61. The maximum absolute atomic E-state index is 11.7. The summed E-state index contributed by atoms with van der Waals surface area (Å²) >= 11 is 4.14. The molecule has 1 aliphatic heterocycles. The summed E-state index contributed by atoms with van der Waals surface area (Å²) in [6.45, 7) is 4.43. The van der Waals surface area contributed by atoms with Crippen LogP contribution in [0.1, 0.15) is 13.3 Å². The van der Waals surface area contributed by atoms with Gasteiger partial charge in [-0.05, 0) is 51.7 Å². The number of nitrogens with one attached hydrogen (secondary N) is 2. The molecule has 4 rings (SSSR count). The van der Waals surface area contributed by atoms with E-state index in [9.17, 15) is 8.76 Å². The van der Waals surface area contributed by atoms with Crippen molar-refractivity contribution in [3.05, 3.63) is 53.7 Å². The summed E-state index contributed by atoms with van der Waals surface area (Å²) in [4.78, 5) is 13.6. The van der Waals surface area contributed by atoms with Gasteiger partial charge in [-0.15, -0.1) is 0 Å². The number of para-hydroxylation sites is 1. The fourth-order valence-electron chi connectivity index (χ4n) is 3.97. The molecule has 1 saturated heterocycles. The van der Waals surface area contributed by atoms with Crippen LogP contribution in [0.4, 0.5) is 28.8 Å². The number of benzene rings is 2. The number of hydrogen-bond acceptors (Lipinski definition) is 8. The number of rotatable bonds is 9. The van der Waals surface area contributed by atoms with E-state index in [0.29, 0.717) is 35.9 Å². The van der Waals surface area contributed by atoms with Crippen LogP contribution in [0.15, 0.2) is 53.6 Å². The lowest BCUT2D eigenvalue weighted by Gasteiger charge is -2.23. The Morgan fingerprint density at radius 1 is 1.23 bits per heavy atom. The van der Waals surface area contributed by atoms with E-state index in [1.54, 1.807) is 24.3 Å². The third-order valence-corrected chi connectivity index (χ3v) is 6.85. The van der Waals surface area contributed by atoms with Crippen LogP contribution in [0.3, 0.4) is 0 Å². The fraction of sp³-hybridized carbons (Fsp3) is 0.333. The normalized spacial score (nSPS) is 16.4. The topological polar surface area (TPSA) is 103 Å². The first-order chi connectivity index (χ1) is 16.9. The highest BCUT2D eigenvalue weighted by atomic mass is 35.5. The van der Waals surface area contributed by atoms with Crippen molar-refractivity contribution in [3.8, 4) is 5.75 Å². The molecule has 0 radical (unpaired) electrons. The van der Waals surface area contributed by atoms with Gasteiger partial charge in [0.25, 0.3) is 0 Å².